The van der Waals surface area contributed by atoms with Gasteiger partial charge in [0.1, 0.15) is 12.2 Å². The van der Waals surface area contributed by atoms with Crippen molar-refractivity contribution in [1.82, 2.24) is 19.4 Å². The van der Waals surface area contributed by atoms with E-state index in [1.807, 2.05) is 31.2 Å². The smallest absolute Gasteiger partial charge is 0.338 e. The van der Waals surface area contributed by atoms with Crippen molar-refractivity contribution in [2.45, 2.75) is 38.8 Å². The zero-order chi connectivity index (χ0) is 23.0. The lowest BCUT2D eigenvalue weighted by molar-refractivity contribution is -0.121. The van der Waals surface area contributed by atoms with Gasteiger partial charge in [-0.1, -0.05) is 29.8 Å². The molecular weight excluding hydrogens is 412 g/mol. The molecule has 0 spiro atoms. The second-order valence-corrected chi connectivity index (χ2v) is 8.05. The number of aromatic nitrogens is 3. The first-order valence-electron chi connectivity index (χ1n) is 10.3. The minimum absolute atomic E-state index is 0.0327. The Morgan fingerprint density at radius 1 is 1.19 bits per heavy atom. The number of carbonyl (C=O) groups excluding carboxylic acids is 2. The fraction of sp³-hybridized carbons (Fsp3) is 0.348. The number of ether oxygens (including phenoxy) is 1. The topological polar surface area (TPSA) is 112 Å². The molecule has 9 heteroatoms. The lowest BCUT2D eigenvalue weighted by atomic mass is 10.1. The molecule has 1 fully saturated rings. The summed E-state index contributed by atoms with van der Waals surface area (Å²) in [6, 6.07) is 9.20. The van der Waals surface area contributed by atoms with Crippen molar-refractivity contribution in [1.29, 1.82) is 0 Å². The van der Waals surface area contributed by atoms with Crippen LogP contribution in [-0.4, -0.2) is 33.1 Å². The van der Waals surface area contributed by atoms with Crippen molar-refractivity contribution in [3.05, 3.63) is 73.6 Å². The molecular formula is C23H24N4O5. The maximum Gasteiger partial charge on any atom is 0.338 e. The summed E-state index contributed by atoms with van der Waals surface area (Å²) in [6.07, 6.45) is 1.87. The van der Waals surface area contributed by atoms with Crippen LogP contribution >= 0.6 is 0 Å². The lowest BCUT2D eigenvalue weighted by Gasteiger charge is -2.13. The van der Waals surface area contributed by atoms with Gasteiger partial charge in [0.15, 0.2) is 0 Å². The largest absolute Gasteiger partial charge is 0.465 e. The Hall–Kier alpha value is -3.75. The van der Waals surface area contributed by atoms with Gasteiger partial charge in [0.25, 0.3) is 5.56 Å². The van der Waals surface area contributed by atoms with Crippen LogP contribution in [0.3, 0.4) is 0 Å². The van der Waals surface area contributed by atoms with Gasteiger partial charge in [0.2, 0.25) is 5.91 Å². The average Bonchev–Trinajstić information content (AvgIpc) is 3.64. The molecule has 0 atom stereocenters. The zero-order valence-electron chi connectivity index (χ0n) is 18.2. The lowest BCUT2D eigenvalue weighted by Crippen LogP contribution is -2.43. The van der Waals surface area contributed by atoms with Crippen LogP contribution in [0.4, 0.5) is 0 Å². The van der Waals surface area contributed by atoms with Crippen molar-refractivity contribution in [3.63, 3.8) is 0 Å². The Labute approximate surface area is 183 Å². The van der Waals surface area contributed by atoms with Crippen LogP contribution < -0.4 is 16.6 Å². The predicted octanol–water partition coefficient (Wildman–Crippen LogP) is 1.38. The molecule has 0 radical (unpaired) electrons. The van der Waals surface area contributed by atoms with Gasteiger partial charge in [-0.25, -0.2) is 14.6 Å². The molecule has 2 aromatic heterocycles. The number of nitrogens with zero attached hydrogens (tertiary/aromatic N) is 3. The van der Waals surface area contributed by atoms with Crippen LogP contribution in [0.25, 0.3) is 11.0 Å². The Kier molecular flexibility index (Phi) is 5.65. The molecule has 9 nitrogen and oxygen atoms in total. The number of amides is 1. The molecule has 32 heavy (non-hydrogen) atoms. The first-order valence-corrected chi connectivity index (χ1v) is 10.3. The van der Waals surface area contributed by atoms with Gasteiger partial charge in [0, 0.05) is 25.2 Å². The fourth-order valence-electron chi connectivity index (χ4n) is 3.60. The van der Waals surface area contributed by atoms with E-state index in [4.69, 9.17) is 4.74 Å². The number of hydrogen-bond acceptors (Lipinski definition) is 6. The fourth-order valence-corrected chi connectivity index (χ4v) is 3.60. The summed E-state index contributed by atoms with van der Waals surface area (Å²) < 4.78 is 6.87. The molecule has 1 aliphatic carbocycles. The highest BCUT2D eigenvalue weighted by Crippen LogP contribution is 2.39. The molecule has 2 heterocycles. The number of nitrogens with one attached hydrogen (secondary N) is 1. The Bertz CT molecular complexity index is 1330. The molecule has 166 valence electrons. The number of carbonyl (C=O) groups is 2. The summed E-state index contributed by atoms with van der Waals surface area (Å²) in [5, 5.41) is 2.68. The van der Waals surface area contributed by atoms with E-state index < -0.39 is 29.7 Å². The van der Waals surface area contributed by atoms with Gasteiger partial charge in [0.05, 0.1) is 18.1 Å². The third-order valence-corrected chi connectivity index (χ3v) is 5.63. The van der Waals surface area contributed by atoms with E-state index in [0.717, 1.165) is 28.5 Å². The maximum atomic E-state index is 13.2. The molecule has 0 bridgehead atoms. The minimum Gasteiger partial charge on any atom is -0.465 e. The van der Waals surface area contributed by atoms with Gasteiger partial charge >= 0.3 is 11.7 Å². The number of benzene rings is 1. The molecule has 0 saturated heterocycles. The van der Waals surface area contributed by atoms with E-state index in [0.29, 0.717) is 5.69 Å². The third kappa shape index (κ3) is 4.05. The quantitative estimate of drug-likeness (QED) is 0.585. The number of aryl methyl sites for hydroxylation is 2. The van der Waals surface area contributed by atoms with Crippen molar-refractivity contribution in [2.24, 2.45) is 7.05 Å². The van der Waals surface area contributed by atoms with E-state index in [1.54, 1.807) is 6.07 Å². The average molecular weight is 436 g/mol. The van der Waals surface area contributed by atoms with Crippen LogP contribution in [0.5, 0.6) is 0 Å². The molecule has 1 saturated carbocycles. The molecule has 3 aromatic rings. The van der Waals surface area contributed by atoms with Crippen molar-refractivity contribution >= 4 is 22.9 Å². The van der Waals surface area contributed by atoms with Crippen LogP contribution in [0.1, 0.15) is 45.9 Å². The van der Waals surface area contributed by atoms with Gasteiger partial charge in [-0.2, -0.15) is 0 Å². The second-order valence-electron chi connectivity index (χ2n) is 8.05. The van der Waals surface area contributed by atoms with Gasteiger partial charge in [-0.15, -0.1) is 0 Å². The van der Waals surface area contributed by atoms with Gasteiger partial charge in [-0.3, -0.25) is 18.7 Å². The van der Waals surface area contributed by atoms with E-state index in [1.165, 1.54) is 18.7 Å². The summed E-state index contributed by atoms with van der Waals surface area (Å²) in [6.45, 7) is 1.76. The highest BCUT2D eigenvalue weighted by molar-refractivity contribution is 6.02. The Morgan fingerprint density at radius 2 is 1.88 bits per heavy atom. The summed E-state index contributed by atoms with van der Waals surface area (Å²) >= 11 is 0. The molecule has 0 unspecified atom stereocenters. The van der Waals surface area contributed by atoms with E-state index >= 15 is 0 Å². The van der Waals surface area contributed by atoms with Crippen molar-refractivity contribution in [3.8, 4) is 0 Å². The Balaban J connectivity index is 1.71. The summed E-state index contributed by atoms with van der Waals surface area (Å²) in [4.78, 5) is 55.5. The standard InChI is InChI=1S/C23H24N4O5/c1-13-4-6-14(7-5-13)11-24-18(28)12-27-21(29)19-16(22(30)32-3)10-17(15-8-9-15)25-20(19)26(2)23(27)31/h4-7,10,15H,8-9,11-12H2,1-3H3,(H,24,28). The zero-order valence-corrected chi connectivity index (χ0v) is 18.2. The highest BCUT2D eigenvalue weighted by atomic mass is 16.5. The SMILES string of the molecule is COC(=O)c1cc(C2CC2)nc2c1c(=O)n(CC(=O)NCc1ccc(C)cc1)c(=O)n2C. The van der Waals surface area contributed by atoms with Crippen LogP contribution in [0, 0.1) is 6.92 Å². The van der Waals surface area contributed by atoms with Crippen LogP contribution in [0.2, 0.25) is 0 Å². The predicted molar refractivity (Wildman–Crippen MR) is 118 cm³/mol. The molecule has 1 aromatic carbocycles. The molecule has 4 rings (SSSR count). The number of fused-ring (bicyclic) bond motifs is 1. The second kappa shape index (κ2) is 8.41. The number of esters is 1. The third-order valence-electron chi connectivity index (χ3n) is 5.63. The normalized spacial score (nSPS) is 13.2. The van der Waals surface area contributed by atoms with E-state index in [9.17, 15) is 19.2 Å². The van der Waals surface area contributed by atoms with Crippen molar-refractivity contribution < 1.29 is 14.3 Å². The van der Waals surface area contributed by atoms with Crippen molar-refractivity contribution in [2.75, 3.05) is 7.11 Å². The molecule has 0 aliphatic heterocycles. The number of pyridine rings is 1. The van der Waals surface area contributed by atoms with E-state index in [2.05, 4.69) is 10.3 Å². The van der Waals surface area contributed by atoms with Crippen LogP contribution in [0.15, 0.2) is 39.9 Å². The molecule has 1 N–H and O–H groups in total. The first-order chi connectivity index (χ1) is 15.3. The highest BCUT2D eigenvalue weighted by Gasteiger charge is 2.29. The minimum atomic E-state index is -0.746. The maximum absolute atomic E-state index is 13.2. The van der Waals surface area contributed by atoms with E-state index in [-0.39, 0.29) is 29.1 Å². The molecule has 1 amide bonds. The number of hydrogen-bond donors (Lipinski definition) is 1. The first kappa shape index (κ1) is 21.5. The monoisotopic (exact) mass is 436 g/mol. The number of rotatable bonds is 6. The number of methoxy groups -OCH3 is 1. The van der Waals surface area contributed by atoms with Gasteiger partial charge < -0.3 is 10.1 Å². The Morgan fingerprint density at radius 3 is 2.50 bits per heavy atom. The summed E-state index contributed by atoms with van der Waals surface area (Å²) in [5.74, 6) is -0.982. The van der Waals surface area contributed by atoms with Gasteiger partial charge in [-0.05, 0) is 31.4 Å². The summed E-state index contributed by atoms with van der Waals surface area (Å²) in [7, 11) is 2.69. The summed E-state index contributed by atoms with van der Waals surface area (Å²) in [5.41, 5.74) is 1.39. The van der Waals surface area contributed by atoms with Crippen LogP contribution in [-0.2, 0) is 29.7 Å². The molecule has 1 aliphatic rings.